The van der Waals surface area contributed by atoms with Gasteiger partial charge in [0.1, 0.15) is 183 Å². The zero-order chi connectivity index (χ0) is 72.0. The summed E-state index contributed by atoms with van der Waals surface area (Å²) in [5.41, 5.74) is -0.226. The highest BCUT2D eigenvalue weighted by molar-refractivity contribution is 5.24. The maximum Gasteiger partial charge on any atom is 0.189 e. The Labute approximate surface area is 555 Å². The van der Waals surface area contributed by atoms with Crippen molar-refractivity contribution in [3.05, 3.63) is 23.3 Å². The molecule has 0 aromatic rings. The Morgan fingerprint density at radius 1 is 0.286 bits per heavy atom. The van der Waals surface area contributed by atoms with Crippen molar-refractivity contribution in [1.29, 1.82) is 0 Å². The zero-order valence-electron chi connectivity index (χ0n) is 52.3. The van der Waals surface area contributed by atoms with Gasteiger partial charge in [0.25, 0.3) is 0 Å². The van der Waals surface area contributed by atoms with Gasteiger partial charge >= 0.3 is 0 Å². The molecule has 43 unspecified atom stereocenters. The molecule has 0 saturated carbocycles. The normalized spacial score (nSPS) is 52.9. The van der Waals surface area contributed by atoms with Gasteiger partial charge in [-0.3, -0.25) is 0 Å². The molecule has 568 valence electrons. The van der Waals surface area contributed by atoms with E-state index in [0.29, 0.717) is 0 Å². The Morgan fingerprint density at radius 2 is 0.571 bits per heavy atom. The highest BCUT2D eigenvalue weighted by atomic mass is 16.8. The Kier molecular flexibility index (Phi) is 27.7. The van der Waals surface area contributed by atoms with E-state index in [1.54, 1.807) is 0 Å². The van der Waals surface area contributed by atoms with Crippen LogP contribution in [0.5, 0.6) is 0 Å². The monoisotopic (exact) mass is 1430 g/mol. The summed E-state index contributed by atoms with van der Waals surface area (Å²) < 4.78 is 73.8. The lowest BCUT2D eigenvalue weighted by atomic mass is 9.86. The summed E-state index contributed by atoms with van der Waals surface area (Å²) in [7, 11) is 0. The van der Waals surface area contributed by atoms with Crippen LogP contribution in [0.1, 0.15) is 13.8 Å². The second-order valence-corrected chi connectivity index (χ2v) is 25.6. The molecule has 7 aliphatic heterocycles. The van der Waals surface area contributed by atoms with Crippen LogP contribution < -0.4 is 10.6 Å². The van der Waals surface area contributed by atoms with E-state index >= 15 is 0 Å². The third-order valence-electron chi connectivity index (χ3n) is 19.3. The molecule has 7 fully saturated rings. The summed E-state index contributed by atoms with van der Waals surface area (Å²) in [5, 5.41) is 297. The SMILES string of the molecule is CC1OC(OC2C(CO)OC(OC3C(CO)=CC(NC4C(C)OC(OC5C(CO)OC(OC6C(CO)OC(OC7C(CO)OC(OC8OC(CO)C(O)C(O)C8O)C(O)C7O)C(O)C6O)C(O)C5O)C(O)C4O)C(O)C3O)C(O)C2O)C(O)C(O)C1NC1C=C(CO)C(O)C(O)C1O. The number of aliphatic hydroxyl groups is 27. The predicted octanol–water partition coefficient (Wildman–Crippen LogP) is -18.3. The maximum absolute atomic E-state index is 11.5. The van der Waals surface area contributed by atoms with E-state index in [-0.39, 0.29) is 11.1 Å². The summed E-state index contributed by atoms with van der Waals surface area (Å²) >= 11 is 0. The first-order valence-electron chi connectivity index (χ1n) is 31.7. The molecule has 0 spiro atoms. The topological polar surface area (TPSA) is 690 Å². The molecule has 9 rings (SSSR count). The van der Waals surface area contributed by atoms with E-state index in [0.717, 1.165) is 6.08 Å². The number of aliphatic hydroxyl groups excluding tert-OH is 27. The van der Waals surface area contributed by atoms with E-state index in [1.807, 2.05) is 0 Å². The van der Waals surface area contributed by atoms with Crippen molar-refractivity contribution in [1.82, 2.24) is 10.6 Å². The van der Waals surface area contributed by atoms with Gasteiger partial charge in [-0.15, -0.1) is 0 Å². The van der Waals surface area contributed by atoms with Crippen LogP contribution in [0.4, 0.5) is 0 Å². The smallest absolute Gasteiger partial charge is 0.189 e. The van der Waals surface area contributed by atoms with Crippen LogP contribution in [-0.2, 0) is 61.6 Å². The van der Waals surface area contributed by atoms with Gasteiger partial charge in [0.2, 0.25) is 0 Å². The lowest BCUT2D eigenvalue weighted by molar-refractivity contribution is -0.399. The van der Waals surface area contributed by atoms with E-state index in [1.165, 1.54) is 19.9 Å². The lowest BCUT2D eigenvalue weighted by Crippen LogP contribution is -2.69. The van der Waals surface area contributed by atoms with Crippen molar-refractivity contribution in [2.75, 3.05) is 46.2 Å². The molecular formula is C56H94N2O40. The van der Waals surface area contributed by atoms with Gasteiger partial charge in [0, 0.05) is 0 Å². The van der Waals surface area contributed by atoms with Crippen LogP contribution in [0.2, 0.25) is 0 Å². The fourth-order valence-corrected chi connectivity index (χ4v) is 13.4. The second kappa shape index (κ2) is 33.9. The molecule has 0 radical (unpaired) electrons. The van der Waals surface area contributed by atoms with Crippen LogP contribution in [-0.4, -0.2) is 448 Å². The fourth-order valence-electron chi connectivity index (χ4n) is 13.4. The van der Waals surface area contributed by atoms with Crippen LogP contribution in [0.3, 0.4) is 0 Å². The van der Waals surface area contributed by atoms with Crippen molar-refractivity contribution >= 4 is 0 Å². The minimum Gasteiger partial charge on any atom is -0.394 e. The molecule has 7 heterocycles. The van der Waals surface area contributed by atoms with Crippen molar-refractivity contribution < 1.29 is 199 Å². The van der Waals surface area contributed by atoms with Crippen molar-refractivity contribution in [2.45, 2.75) is 277 Å². The standard InChI is InChI=1S/C56H94N2O40/c1-12-23(57-16-3-14(5-59)25(66)31(72)26(16)67)29(70)38(79)50(86-12)94-46-19(8-62)89-52(41(82)34(46)75)93-45-15(6-60)4-17(27(68)33(45)74)58-24-13(2)87-51(39(80)30(24)71)95-47-20(9-63)90-53(42(83)35(47)76)96-48-21(10-64)91-54(43(84)36(48)77)97-49-22(11-65)92-56(44(85)37(49)78)98-55-40(81)32(73)28(69)18(7-61)88-55/h3-4,12-13,16-85H,5-11H2,1-2H3. The van der Waals surface area contributed by atoms with Gasteiger partial charge in [-0.1, -0.05) is 12.2 Å². The molecule has 0 aromatic carbocycles. The average molecular weight is 1440 g/mol. The summed E-state index contributed by atoms with van der Waals surface area (Å²) in [6.45, 7) is -3.71. The first-order chi connectivity index (χ1) is 46.4. The van der Waals surface area contributed by atoms with E-state index in [4.69, 9.17) is 61.6 Å². The van der Waals surface area contributed by atoms with Gasteiger partial charge in [-0.2, -0.15) is 0 Å². The number of rotatable bonds is 23. The molecule has 7 saturated heterocycles. The largest absolute Gasteiger partial charge is 0.394 e. The van der Waals surface area contributed by atoms with Gasteiger partial charge in [-0.05, 0) is 25.0 Å². The molecular weight excluding hydrogens is 1340 g/mol. The number of hydrogen-bond acceptors (Lipinski definition) is 42. The summed E-state index contributed by atoms with van der Waals surface area (Å²) in [6, 6.07) is -5.16. The lowest BCUT2D eigenvalue weighted by Gasteiger charge is -2.49. The quantitative estimate of drug-likeness (QED) is 0.0422. The number of nitrogens with one attached hydrogen (secondary N) is 2. The van der Waals surface area contributed by atoms with Gasteiger partial charge in [0.05, 0.1) is 82.6 Å². The molecule has 42 nitrogen and oxygen atoms in total. The van der Waals surface area contributed by atoms with E-state index in [9.17, 15) is 138 Å². The van der Waals surface area contributed by atoms with Crippen molar-refractivity contribution in [3.8, 4) is 0 Å². The van der Waals surface area contributed by atoms with Crippen LogP contribution in [0.15, 0.2) is 23.3 Å². The molecule has 2 aliphatic carbocycles. The molecule has 9 aliphatic rings. The van der Waals surface area contributed by atoms with Crippen LogP contribution in [0.25, 0.3) is 0 Å². The summed E-state index contributed by atoms with van der Waals surface area (Å²) in [4.78, 5) is 0. The van der Waals surface area contributed by atoms with Gasteiger partial charge in [-0.25, -0.2) is 0 Å². The number of hydrogen-bond donors (Lipinski definition) is 29. The first-order valence-corrected chi connectivity index (χ1v) is 31.7. The Morgan fingerprint density at radius 3 is 0.918 bits per heavy atom. The maximum atomic E-state index is 11.5. The minimum absolute atomic E-state index is 0.0375. The second-order valence-electron chi connectivity index (χ2n) is 25.6. The van der Waals surface area contributed by atoms with Crippen LogP contribution >= 0.6 is 0 Å². The first kappa shape index (κ1) is 79.9. The zero-order valence-corrected chi connectivity index (χ0v) is 52.3. The molecule has 43 atom stereocenters. The molecule has 42 heteroatoms. The Balaban J connectivity index is 0.770. The fraction of sp³-hybridized carbons (Fsp3) is 0.929. The minimum atomic E-state index is -2.20. The molecule has 98 heavy (non-hydrogen) atoms. The van der Waals surface area contributed by atoms with Crippen molar-refractivity contribution in [3.63, 3.8) is 0 Å². The van der Waals surface area contributed by atoms with Crippen molar-refractivity contribution in [2.24, 2.45) is 0 Å². The van der Waals surface area contributed by atoms with E-state index in [2.05, 4.69) is 10.6 Å². The van der Waals surface area contributed by atoms with Gasteiger partial charge in [0.15, 0.2) is 44.0 Å². The average Bonchev–Trinajstić information content (AvgIpc) is 0.780. The highest BCUT2D eigenvalue weighted by Crippen LogP contribution is 2.38. The Hall–Kier alpha value is -2.20. The Bertz CT molecular complexity index is 2550. The van der Waals surface area contributed by atoms with E-state index < -0.39 is 310 Å². The molecule has 29 N–H and O–H groups in total. The molecule has 0 amide bonds. The number of ether oxygens (including phenoxy) is 13. The third-order valence-corrected chi connectivity index (χ3v) is 19.3. The molecule has 0 aromatic heterocycles. The predicted molar refractivity (Wildman–Crippen MR) is 305 cm³/mol. The molecule has 0 bridgehead atoms. The highest BCUT2D eigenvalue weighted by Gasteiger charge is 2.59. The third kappa shape index (κ3) is 16.1. The summed E-state index contributed by atoms with van der Waals surface area (Å²) in [5.74, 6) is 0. The van der Waals surface area contributed by atoms with Gasteiger partial charge < -0.3 is 210 Å². The van der Waals surface area contributed by atoms with Crippen LogP contribution in [0, 0.1) is 0 Å². The summed E-state index contributed by atoms with van der Waals surface area (Å²) in [6.07, 6.45) is -70.0.